The topological polar surface area (TPSA) is 317 Å². The summed E-state index contributed by atoms with van der Waals surface area (Å²) in [5.41, 5.74) is 15.0. The van der Waals surface area contributed by atoms with Crippen molar-refractivity contribution in [2.75, 3.05) is 94.8 Å². The van der Waals surface area contributed by atoms with Gasteiger partial charge in [0.25, 0.3) is 5.91 Å². The molecule has 0 fully saturated rings. The molecule has 0 aliphatic heterocycles. The number of anilines is 5. The number of nitrogens with zero attached hydrogens (tertiary/aromatic N) is 9. The number of carbonyl (C=O) groups excluding carboxylic acids is 3. The Balaban J connectivity index is 0.731. The Bertz CT molecular complexity index is 2630. The van der Waals surface area contributed by atoms with Crippen molar-refractivity contribution < 1.29 is 48.0 Å². The van der Waals surface area contributed by atoms with Crippen LogP contribution >= 0.6 is 11.3 Å². The van der Waals surface area contributed by atoms with E-state index in [0.717, 1.165) is 5.69 Å². The normalized spacial score (nSPS) is 11.6. The molecule has 71 heavy (non-hydrogen) atoms. The molecule has 23 nitrogen and oxygen atoms in total. The van der Waals surface area contributed by atoms with Crippen LogP contribution in [-0.2, 0) is 39.8 Å². The second kappa shape index (κ2) is 28.4. The minimum absolute atomic E-state index is 0.00753. The Labute approximate surface area is 413 Å². The van der Waals surface area contributed by atoms with E-state index >= 15 is 0 Å². The Morgan fingerprint density at radius 3 is 1.99 bits per heavy atom. The fraction of sp³-hybridized carbons (Fsp3) is 0.404. The highest BCUT2D eigenvalue weighted by Gasteiger charge is 2.23. The lowest BCUT2D eigenvalue weighted by atomic mass is 10.1. The maximum Gasteiger partial charge on any atom is 0.326 e. The van der Waals surface area contributed by atoms with E-state index in [2.05, 4.69) is 50.5 Å². The maximum atomic E-state index is 13.2. The van der Waals surface area contributed by atoms with Gasteiger partial charge in [0.15, 0.2) is 27.9 Å². The summed E-state index contributed by atoms with van der Waals surface area (Å²) in [4.78, 5) is 87.0. The number of nitrogens with two attached hydrogens (primary N) is 2. The smallest absolute Gasteiger partial charge is 0.326 e. The molecule has 0 aliphatic rings. The highest BCUT2D eigenvalue weighted by molar-refractivity contribution is 7.18. The van der Waals surface area contributed by atoms with Crippen molar-refractivity contribution in [3.63, 3.8) is 0 Å². The summed E-state index contributed by atoms with van der Waals surface area (Å²) in [6.45, 7) is 4.14. The summed E-state index contributed by atoms with van der Waals surface area (Å²) < 4.78 is 27.8. The molecule has 0 saturated heterocycles. The van der Waals surface area contributed by atoms with Gasteiger partial charge in [0.05, 0.1) is 77.0 Å². The molecule has 7 N–H and O–H groups in total. The average Bonchev–Trinajstić information content (AvgIpc) is 3.80. The second-order valence-electron chi connectivity index (χ2n) is 15.6. The van der Waals surface area contributed by atoms with Gasteiger partial charge in [0.1, 0.15) is 22.4 Å². The molecule has 24 heteroatoms. The molecule has 0 spiro atoms. The molecule has 6 rings (SSSR count). The summed E-state index contributed by atoms with van der Waals surface area (Å²) >= 11 is 1.24. The van der Waals surface area contributed by atoms with Gasteiger partial charge in [-0.2, -0.15) is 9.97 Å². The van der Waals surface area contributed by atoms with Crippen LogP contribution in [0.15, 0.2) is 73.3 Å². The van der Waals surface area contributed by atoms with E-state index < -0.39 is 17.9 Å². The Hall–Kier alpha value is -7.22. The molecular formula is C47H57N13O10S. The zero-order valence-electron chi connectivity index (χ0n) is 39.2. The van der Waals surface area contributed by atoms with E-state index in [4.69, 9.17) is 35.2 Å². The maximum absolute atomic E-state index is 13.2. The predicted molar refractivity (Wildman–Crippen MR) is 263 cm³/mol. The van der Waals surface area contributed by atoms with Gasteiger partial charge in [-0.3, -0.25) is 19.4 Å². The fourth-order valence-corrected chi connectivity index (χ4v) is 7.62. The number of fused-ring (bicyclic) bond motifs is 1. The lowest BCUT2D eigenvalue weighted by Gasteiger charge is -2.19. The number of ketones is 2. The number of ether oxygens (including phenoxy) is 5. The molecule has 1 unspecified atom stereocenters. The summed E-state index contributed by atoms with van der Waals surface area (Å²) in [5, 5.41) is 15.8. The van der Waals surface area contributed by atoms with Crippen LogP contribution in [0.4, 0.5) is 28.5 Å². The first-order valence-electron chi connectivity index (χ1n) is 22.8. The van der Waals surface area contributed by atoms with Crippen LogP contribution in [0, 0.1) is 0 Å². The highest BCUT2D eigenvalue weighted by Crippen LogP contribution is 2.32. The third-order valence-corrected chi connectivity index (χ3v) is 11.3. The van der Waals surface area contributed by atoms with Crippen molar-refractivity contribution in [2.45, 2.75) is 51.1 Å². The molecule has 376 valence electrons. The van der Waals surface area contributed by atoms with Crippen molar-refractivity contribution in [3.05, 3.63) is 89.5 Å². The van der Waals surface area contributed by atoms with E-state index in [0.29, 0.717) is 130 Å². The quantitative estimate of drug-likeness (QED) is 0.0283. The van der Waals surface area contributed by atoms with Gasteiger partial charge in [-0.1, -0.05) is 17.4 Å². The number of benzene rings is 1. The number of nitrogens with one attached hydrogen (secondary N) is 2. The summed E-state index contributed by atoms with van der Waals surface area (Å²) in [7, 11) is 1.83. The van der Waals surface area contributed by atoms with Crippen molar-refractivity contribution in [1.29, 1.82) is 0 Å². The van der Waals surface area contributed by atoms with Crippen LogP contribution in [0.2, 0.25) is 0 Å². The van der Waals surface area contributed by atoms with Gasteiger partial charge in [-0.05, 0) is 61.7 Å². The van der Waals surface area contributed by atoms with Gasteiger partial charge in [-0.15, -0.1) is 0 Å². The number of hydrogen-bond donors (Lipinski definition) is 5. The minimum atomic E-state index is -1.24. The first kappa shape index (κ1) is 53.1. The molecule has 1 aromatic carbocycles. The fourth-order valence-electron chi connectivity index (χ4n) is 6.69. The number of thiazole rings is 1. The number of aliphatic carboxylic acids is 1. The number of hydrogen-bond acceptors (Lipinski definition) is 22. The first-order valence-corrected chi connectivity index (χ1v) is 23.6. The molecule has 1 amide bonds. The summed E-state index contributed by atoms with van der Waals surface area (Å²) in [6.07, 6.45) is 7.92. The van der Waals surface area contributed by atoms with E-state index in [9.17, 15) is 24.3 Å². The zero-order valence-corrected chi connectivity index (χ0v) is 40.1. The number of carbonyl (C=O) groups is 4. The number of Topliss-reactive ketones (excluding diaryl/α,β-unsaturated/α-hetero) is 2. The average molecular weight is 996 g/mol. The van der Waals surface area contributed by atoms with Gasteiger partial charge < -0.3 is 55.8 Å². The van der Waals surface area contributed by atoms with E-state index in [-0.39, 0.29) is 54.6 Å². The summed E-state index contributed by atoms with van der Waals surface area (Å²) in [5.74, 6) is -1.46. The number of aromatic nitrogens is 8. The first-order chi connectivity index (χ1) is 34.5. The lowest BCUT2D eigenvalue weighted by Crippen LogP contribution is -2.41. The molecule has 0 bridgehead atoms. The Morgan fingerprint density at radius 1 is 0.718 bits per heavy atom. The van der Waals surface area contributed by atoms with Crippen molar-refractivity contribution in [3.8, 4) is 11.4 Å². The zero-order chi connectivity index (χ0) is 50.2. The SMILES string of the molecule is CN(Cc1cnc2nc(N)nc(N)c2n1)c1ccc(C(=O)NC(CCC(=O)CCCOCCOCCOCCOCCOCCCC(=O)c2sc(Nc3ncccn3)nc2-c2ccccn2)C(=O)O)cc1. The molecule has 0 radical (unpaired) electrons. The number of rotatable bonds is 33. The third kappa shape index (κ3) is 17.6. The van der Waals surface area contributed by atoms with Crippen molar-refractivity contribution in [1.82, 2.24) is 45.2 Å². The number of pyridine rings is 1. The summed E-state index contributed by atoms with van der Waals surface area (Å²) in [6, 6.07) is 12.6. The third-order valence-electron chi connectivity index (χ3n) is 10.3. The largest absolute Gasteiger partial charge is 0.480 e. The number of carboxylic acid groups (broad SMARTS) is 1. The second-order valence-corrected chi connectivity index (χ2v) is 16.6. The van der Waals surface area contributed by atoms with Crippen LogP contribution in [0.5, 0.6) is 0 Å². The minimum Gasteiger partial charge on any atom is -0.480 e. The van der Waals surface area contributed by atoms with Crippen LogP contribution in [0.3, 0.4) is 0 Å². The molecular weight excluding hydrogens is 939 g/mol. The number of carboxylic acids is 1. The molecule has 0 aliphatic carbocycles. The Morgan fingerprint density at radius 2 is 1.35 bits per heavy atom. The van der Waals surface area contributed by atoms with Gasteiger partial charge in [-0.25, -0.2) is 29.7 Å². The molecule has 5 aromatic heterocycles. The van der Waals surface area contributed by atoms with Crippen molar-refractivity contribution >= 4 is 74.5 Å². The van der Waals surface area contributed by atoms with Crippen LogP contribution in [0.25, 0.3) is 22.6 Å². The molecule has 6 aromatic rings. The van der Waals surface area contributed by atoms with Gasteiger partial charge >= 0.3 is 5.97 Å². The van der Waals surface area contributed by atoms with Gasteiger partial charge in [0.2, 0.25) is 11.9 Å². The number of amides is 1. The molecule has 0 saturated carbocycles. The standard InChI is InChI=1S/C47H57N13O10S/c1-60(30-32-29-53-42-39(54-32)41(48)57-45(49)58-42)33-12-10-31(11-13-33)43(63)55-36(44(64)65)15-14-34(61)7-4-19-66-21-23-68-25-27-70-28-26-69-24-22-67-20-5-9-37(62)40-38(35-8-2-3-16-50-35)56-47(71-40)59-46-51-17-6-18-52-46/h2-3,6,8,10-13,16-18,29,36H,4-5,7,9,14-15,19-28,30H2,1H3,(H,55,63)(H,64,65)(H,51,52,56,59)(H4,48,49,53,57,58). The Kier molecular flexibility index (Phi) is 21.3. The monoisotopic (exact) mass is 995 g/mol. The van der Waals surface area contributed by atoms with Crippen molar-refractivity contribution in [2.24, 2.45) is 0 Å². The van der Waals surface area contributed by atoms with Gasteiger partial charge in [0, 0.05) is 69.4 Å². The lowest BCUT2D eigenvalue weighted by molar-refractivity contribution is -0.139. The van der Waals surface area contributed by atoms with Crippen LogP contribution < -0.4 is 27.0 Å². The van der Waals surface area contributed by atoms with E-state index in [1.807, 2.05) is 24.1 Å². The van der Waals surface area contributed by atoms with E-state index in [1.165, 1.54) is 11.3 Å². The molecule has 5 heterocycles. The predicted octanol–water partition coefficient (Wildman–Crippen LogP) is 4.33. The van der Waals surface area contributed by atoms with Crippen LogP contribution in [-0.4, -0.2) is 148 Å². The number of nitrogen functional groups attached to an aromatic ring is 2. The highest BCUT2D eigenvalue weighted by atomic mass is 32.1. The molecule has 1 atom stereocenters. The van der Waals surface area contributed by atoms with E-state index in [1.54, 1.807) is 61.2 Å². The van der Waals surface area contributed by atoms with Crippen LogP contribution in [0.1, 0.15) is 64.2 Å².